The minimum Gasteiger partial charge on any atom is -0.480 e. The molecule has 1 N–H and O–H groups in total. The van der Waals surface area contributed by atoms with Gasteiger partial charge in [-0.05, 0) is 12.5 Å². The molecule has 1 unspecified atom stereocenters. The van der Waals surface area contributed by atoms with Crippen molar-refractivity contribution >= 4 is 5.97 Å². The van der Waals surface area contributed by atoms with Crippen LogP contribution in [0.5, 0.6) is 0 Å². The summed E-state index contributed by atoms with van der Waals surface area (Å²) in [5.74, 6) is -1.35. The van der Waals surface area contributed by atoms with Crippen LogP contribution in [0.25, 0.3) is 0 Å². The fourth-order valence-electron chi connectivity index (χ4n) is 1.27. The summed E-state index contributed by atoms with van der Waals surface area (Å²) >= 11 is 0. The number of hydrogen-bond donors (Lipinski definition) is 1. The Morgan fingerprint density at radius 1 is 1.83 bits per heavy atom. The molecular weight excluding hydrogens is 159 g/mol. The summed E-state index contributed by atoms with van der Waals surface area (Å²) in [6.07, 6.45) is 4.90. The Bertz CT molecular complexity index is 255. The van der Waals surface area contributed by atoms with Crippen molar-refractivity contribution in [1.82, 2.24) is 0 Å². The molecule has 0 aliphatic heterocycles. The molecule has 1 rings (SSSR count). The smallest absolute Gasteiger partial charge is 0.317 e. The van der Waals surface area contributed by atoms with Gasteiger partial charge in [-0.3, -0.25) is 4.79 Å². The Kier molecular flexibility index (Phi) is 2.31. The van der Waals surface area contributed by atoms with Gasteiger partial charge in [0.2, 0.25) is 0 Å². The number of allylic oxidation sites excluding steroid dienone is 2. The number of carbonyl (C=O) groups is 1. The lowest BCUT2D eigenvalue weighted by atomic mass is 9.81. The molecule has 0 bridgehead atoms. The lowest BCUT2D eigenvalue weighted by Gasteiger charge is -2.22. The van der Waals surface area contributed by atoms with Crippen LogP contribution in [-0.2, 0) is 4.79 Å². The minimum atomic E-state index is -1.11. The molecule has 0 radical (unpaired) electrons. The maximum atomic E-state index is 12.8. The van der Waals surface area contributed by atoms with Crippen molar-refractivity contribution in [1.29, 1.82) is 0 Å². The summed E-state index contributed by atoms with van der Waals surface area (Å²) in [6, 6.07) is 0. The maximum Gasteiger partial charge on any atom is 0.317 e. The first-order valence-corrected chi connectivity index (χ1v) is 3.89. The second-order valence-electron chi connectivity index (χ2n) is 2.90. The van der Waals surface area contributed by atoms with E-state index in [0.29, 0.717) is 6.42 Å². The Morgan fingerprint density at radius 2 is 2.50 bits per heavy atom. The predicted octanol–water partition coefficient (Wildman–Crippen LogP) is 2.28. The van der Waals surface area contributed by atoms with Gasteiger partial charge in [0.15, 0.2) is 0 Å². The second kappa shape index (κ2) is 3.09. The van der Waals surface area contributed by atoms with Gasteiger partial charge in [0, 0.05) is 6.42 Å². The van der Waals surface area contributed by atoms with E-state index in [2.05, 4.69) is 0 Å². The Labute approximate surface area is 70.4 Å². The molecule has 0 aromatic heterocycles. The molecule has 3 heteroatoms. The predicted molar refractivity (Wildman–Crippen MR) is 43.3 cm³/mol. The number of aliphatic carboxylic acids is 1. The van der Waals surface area contributed by atoms with Crippen molar-refractivity contribution in [2.45, 2.75) is 19.8 Å². The van der Waals surface area contributed by atoms with Crippen LogP contribution in [0.15, 0.2) is 24.1 Å². The van der Waals surface area contributed by atoms with Crippen LogP contribution >= 0.6 is 0 Å². The number of halogens is 1. The minimum absolute atomic E-state index is 0.217. The summed E-state index contributed by atoms with van der Waals surface area (Å²) in [4.78, 5) is 10.8. The molecule has 2 nitrogen and oxygen atoms in total. The zero-order valence-corrected chi connectivity index (χ0v) is 6.88. The van der Waals surface area contributed by atoms with Gasteiger partial charge in [-0.1, -0.05) is 19.1 Å². The van der Waals surface area contributed by atoms with E-state index in [9.17, 15) is 9.18 Å². The molecule has 0 aromatic rings. The van der Waals surface area contributed by atoms with E-state index in [1.165, 1.54) is 6.08 Å². The van der Waals surface area contributed by atoms with Gasteiger partial charge in [-0.25, -0.2) is 4.39 Å². The average Bonchev–Trinajstić information content (AvgIpc) is 2.04. The van der Waals surface area contributed by atoms with E-state index in [1.807, 2.05) is 0 Å². The van der Waals surface area contributed by atoms with Gasteiger partial charge in [-0.15, -0.1) is 0 Å². The van der Waals surface area contributed by atoms with E-state index >= 15 is 0 Å². The summed E-state index contributed by atoms with van der Waals surface area (Å²) in [7, 11) is 0. The van der Waals surface area contributed by atoms with Crippen LogP contribution in [0.3, 0.4) is 0 Å². The molecule has 1 aliphatic carbocycles. The molecule has 0 saturated carbocycles. The first kappa shape index (κ1) is 8.97. The number of carboxylic acid groups (broad SMARTS) is 1. The van der Waals surface area contributed by atoms with Gasteiger partial charge in [0.25, 0.3) is 0 Å². The Morgan fingerprint density at radius 3 is 2.83 bits per heavy atom. The van der Waals surface area contributed by atoms with Gasteiger partial charge in [0.1, 0.15) is 11.2 Å². The van der Waals surface area contributed by atoms with E-state index in [4.69, 9.17) is 5.11 Å². The number of carboxylic acids is 1. The standard InChI is InChI=1S/C9H11FO2/c1-2-9(8(11)12)5-3-4-7(10)6-9/h3,5-6H,2,4H2,1H3,(H,11,12). The normalized spacial score (nSPS) is 28.3. The molecule has 1 atom stereocenters. The molecule has 0 spiro atoms. The fraction of sp³-hybridized carbons (Fsp3) is 0.444. The van der Waals surface area contributed by atoms with E-state index in [0.717, 1.165) is 0 Å². The van der Waals surface area contributed by atoms with Gasteiger partial charge in [0.05, 0.1) is 0 Å². The Balaban J connectivity index is 3.00. The molecule has 0 amide bonds. The zero-order valence-electron chi connectivity index (χ0n) is 6.88. The highest BCUT2D eigenvalue weighted by Gasteiger charge is 2.33. The molecule has 0 aromatic carbocycles. The highest BCUT2D eigenvalue weighted by molar-refractivity contribution is 5.80. The highest BCUT2D eigenvalue weighted by atomic mass is 19.1. The van der Waals surface area contributed by atoms with Crippen molar-refractivity contribution in [3.8, 4) is 0 Å². The van der Waals surface area contributed by atoms with E-state index in [1.54, 1.807) is 19.1 Å². The molecular formula is C9H11FO2. The summed E-state index contributed by atoms with van der Waals surface area (Å²) in [6.45, 7) is 1.73. The van der Waals surface area contributed by atoms with Crippen molar-refractivity contribution < 1.29 is 14.3 Å². The monoisotopic (exact) mass is 170 g/mol. The number of rotatable bonds is 2. The van der Waals surface area contributed by atoms with Crippen LogP contribution in [0.4, 0.5) is 4.39 Å². The first-order chi connectivity index (χ1) is 5.60. The Hall–Kier alpha value is -1.12. The summed E-state index contributed by atoms with van der Waals surface area (Å²) in [5, 5.41) is 8.84. The van der Waals surface area contributed by atoms with Crippen LogP contribution in [0.2, 0.25) is 0 Å². The van der Waals surface area contributed by atoms with Crippen molar-refractivity contribution in [2.24, 2.45) is 5.41 Å². The van der Waals surface area contributed by atoms with Crippen LogP contribution in [0.1, 0.15) is 19.8 Å². The van der Waals surface area contributed by atoms with E-state index < -0.39 is 11.4 Å². The van der Waals surface area contributed by atoms with Crippen molar-refractivity contribution in [2.75, 3.05) is 0 Å². The van der Waals surface area contributed by atoms with Crippen molar-refractivity contribution in [3.63, 3.8) is 0 Å². The largest absolute Gasteiger partial charge is 0.480 e. The van der Waals surface area contributed by atoms with Gasteiger partial charge in [-0.2, -0.15) is 0 Å². The third kappa shape index (κ3) is 1.40. The summed E-state index contributed by atoms with van der Waals surface area (Å²) in [5.41, 5.74) is -1.11. The summed E-state index contributed by atoms with van der Waals surface area (Å²) < 4.78 is 12.8. The third-order valence-corrected chi connectivity index (χ3v) is 2.13. The van der Waals surface area contributed by atoms with E-state index in [-0.39, 0.29) is 12.2 Å². The SMILES string of the molecule is CCC1(C(=O)O)C=CCC(F)=C1. The molecule has 0 fully saturated rings. The molecule has 66 valence electrons. The van der Waals surface area contributed by atoms with Gasteiger partial charge >= 0.3 is 5.97 Å². The maximum absolute atomic E-state index is 12.8. The topological polar surface area (TPSA) is 37.3 Å². The quantitative estimate of drug-likeness (QED) is 0.645. The second-order valence-corrected chi connectivity index (χ2v) is 2.90. The molecule has 0 heterocycles. The molecule has 1 aliphatic rings. The molecule has 12 heavy (non-hydrogen) atoms. The van der Waals surface area contributed by atoms with Crippen molar-refractivity contribution in [3.05, 3.63) is 24.1 Å². The average molecular weight is 170 g/mol. The lowest BCUT2D eigenvalue weighted by molar-refractivity contribution is -0.143. The van der Waals surface area contributed by atoms with Crippen LogP contribution < -0.4 is 0 Å². The van der Waals surface area contributed by atoms with Crippen LogP contribution in [0, 0.1) is 5.41 Å². The fourth-order valence-corrected chi connectivity index (χ4v) is 1.27. The third-order valence-electron chi connectivity index (χ3n) is 2.13. The van der Waals surface area contributed by atoms with Gasteiger partial charge < -0.3 is 5.11 Å². The zero-order chi connectivity index (χ0) is 9.19. The number of hydrogen-bond acceptors (Lipinski definition) is 1. The first-order valence-electron chi connectivity index (χ1n) is 3.89. The lowest BCUT2D eigenvalue weighted by Crippen LogP contribution is -2.27. The highest BCUT2D eigenvalue weighted by Crippen LogP contribution is 2.32. The van der Waals surface area contributed by atoms with Crippen LogP contribution in [-0.4, -0.2) is 11.1 Å². The molecule has 0 saturated heterocycles.